The lowest BCUT2D eigenvalue weighted by atomic mass is 10.1. The van der Waals surface area contributed by atoms with Crippen molar-refractivity contribution in [1.82, 2.24) is 0 Å². The van der Waals surface area contributed by atoms with E-state index in [4.69, 9.17) is 0 Å². The molecule has 0 aliphatic carbocycles. The van der Waals surface area contributed by atoms with E-state index in [0.717, 1.165) is 11.1 Å². The van der Waals surface area contributed by atoms with Crippen LogP contribution in [0.3, 0.4) is 0 Å². The number of phosphoric ester groups is 1. The third kappa shape index (κ3) is 11.9. The number of nitrogens with one attached hydrogen (secondary N) is 1. The quantitative estimate of drug-likeness (QED) is 0.426. The molecule has 0 radical (unpaired) electrons. The molecule has 1 atom stereocenters. The van der Waals surface area contributed by atoms with Crippen molar-refractivity contribution >= 4 is 21.3 Å². The normalized spacial score (nSPS) is 15.5. The smallest absolute Gasteiger partial charge is 0.272 e. The molecule has 1 aromatic carbocycles. The number of rotatable bonds is 11. The topological polar surface area (TPSA) is 134 Å². The molecule has 0 fully saturated rings. The Kier molecular flexibility index (Phi) is 9.56. The number of benzene rings is 1. The van der Waals surface area contributed by atoms with Crippen molar-refractivity contribution in [2.24, 2.45) is 0 Å². The molecule has 1 rings (SSSR count). The number of phosphoric acid groups is 2. The van der Waals surface area contributed by atoms with Gasteiger partial charge in [-0.2, -0.15) is 0 Å². The second-order valence-electron chi connectivity index (χ2n) is 5.78. The minimum absolute atomic E-state index is 0.314. The molecule has 0 heterocycles. The Balaban J connectivity index is 2.34. The Morgan fingerprint density at radius 1 is 1.19 bits per heavy atom. The van der Waals surface area contributed by atoms with Crippen LogP contribution >= 0.6 is 15.6 Å². The van der Waals surface area contributed by atoms with Gasteiger partial charge in [-0.25, -0.2) is 4.39 Å². The predicted octanol–water partition coefficient (Wildman–Crippen LogP) is 2.24. The Labute approximate surface area is 157 Å². The molecule has 0 bridgehead atoms. The average Bonchev–Trinajstić information content (AvgIpc) is 2.50. The molecular weight excluding hydrogens is 399 g/mol. The minimum atomic E-state index is -5.67. The molecule has 1 unspecified atom stereocenters. The zero-order valence-electron chi connectivity index (χ0n) is 14.9. The van der Waals surface area contributed by atoms with Gasteiger partial charge in [0.25, 0.3) is 7.82 Å². The lowest BCUT2D eigenvalue weighted by Crippen LogP contribution is -2.19. The van der Waals surface area contributed by atoms with Crippen molar-refractivity contribution in [3.05, 3.63) is 53.4 Å². The first-order valence-electron chi connectivity index (χ1n) is 7.96. The van der Waals surface area contributed by atoms with Gasteiger partial charge in [-0.05, 0) is 44.9 Å². The van der Waals surface area contributed by atoms with Crippen LogP contribution in [0, 0.1) is 5.82 Å². The van der Waals surface area contributed by atoms with Crippen molar-refractivity contribution in [2.75, 3.05) is 18.5 Å². The van der Waals surface area contributed by atoms with Crippen molar-refractivity contribution in [2.45, 2.75) is 26.7 Å². The molecule has 0 saturated carbocycles. The number of hydrogen-bond donors (Lipinski definition) is 1. The van der Waals surface area contributed by atoms with Gasteiger partial charge in [0.05, 0.1) is 14.4 Å². The second kappa shape index (κ2) is 10.9. The monoisotopic (exact) mass is 420 g/mol. The van der Waals surface area contributed by atoms with Gasteiger partial charge >= 0.3 is 0 Å². The number of anilines is 1. The molecule has 1 aromatic rings. The van der Waals surface area contributed by atoms with Gasteiger partial charge in [0.15, 0.2) is 0 Å². The highest BCUT2D eigenvalue weighted by atomic mass is 31.3. The van der Waals surface area contributed by atoms with Gasteiger partial charge < -0.3 is 29.1 Å². The minimum Gasteiger partial charge on any atom is -0.790 e. The zero-order chi connectivity index (χ0) is 20.5. The Hall–Kier alpha value is -1.31. The van der Waals surface area contributed by atoms with E-state index in [2.05, 4.69) is 14.2 Å². The molecule has 0 amide bonds. The highest BCUT2D eigenvalue weighted by molar-refractivity contribution is 7.58. The van der Waals surface area contributed by atoms with Crippen LogP contribution in [-0.4, -0.2) is 13.2 Å². The van der Waals surface area contributed by atoms with Crippen LogP contribution in [0.5, 0.6) is 0 Å². The highest BCUT2D eigenvalue weighted by Crippen LogP contribution is 2.50. The third-order valence-electron chi connectivity index (χ3n) is 3.29. The maximum absolute atomic E-state index is 13.1. The molecule has 0 spiro atoms. The van der Waals surface area contributed by atoms with Gasteiger partial charge in [-0.3, -0.25) is 8.88 Å². The molecule has 1 N–H and O–H groups in total. The van der Waals surface area contributed by atoms with E-state index in [1.165, 1.54) is 18.2 Å². The van der Waals surface area contributed by atoms with Crippen LogP contribution < -0.4 is 20.0 Å². The first kappa shape index (κ1) is 23.7. The van der Waals surface area contributed by atoms with E-state index in [1.54, 1.807) is 19.1 Å². The zero-order valence-corrected chi connectivity index (χ0v) is 16.7. The van der Waals surface area contributed by atoms with Crippen LogP contribution in [0.1, 0.15) is 26.7 Å². The fourth-order valence-corrected chi connectivity index (χ4v) is 3.40. The van der Waals surface area contributed by atoms with Crippen LogP contribution in [0.15, 0.2) is 47.6 Å². The predicted molar refractivity (Wildman–Crippen MR) is 93.9 cm³/mol. The molecule has 0 aliphatic rings. The number of allylic oxidation sites excluding steroid dienone is 2. The van der Waals surface area contributed by atoms with Gasteiger partial charge in [0.1, 0.15) is 5.82 Å². The second-order valence-corrected chi connectivity index (χ2v) is 8.48. The molecule has 11 heteroatoms. The molecule has 152 valence electrons. The van der Waals surface area contributed by atoms with Crippen molar-refractivity contribution in [3.63, 3.8) is 0 Å². The van der Waals surface area contributed by atoms with Gasteiger partial charge in [-0.1, -0.05) is 29.4 Å². The maximum Gasteiger partial charge on any atom is 0.272 e. The summed E-state index contributed by atoms with van der Waals surface area (Å²) in [6.45, 7) is 3.79. The summed E-state index contributed by atoms with van der Waals surface area (Å²) in [4.78, 5) is 31.6. The fourth-order valence-electron chi connectivity index (χ4n) is 1.98. The SMILES string of the molecule is C/C(=C\COP(=O)([O-])OP(=O)([O-])[O-])CC/C=C(\C)CNc1cccc(F)c1. The summed E-state index contributed by atoms with van der Waals surface area (Å²) < 4.78 is 42.0. The maximum atomic E-state index is 13.1. The van der Waals surface area contributed by atoms with E-state index in [0.29, 0.717) is 25.1 Å². The first-order valence-corrected chi connectivity index (χ1v) is 10.9. The summed E-state index contributed by atoms with van der Waals surface area (Å²) in [5, 5.41) is 3.10. The summed E-state index contributed by atoms with van der Waals surface area (Å²) in [6.07, 6.45) is 4.73. The molecule has 0 aromatic heterocycles. The van der Waals surface area contributed by atoms with E-state index in [-0.39, 0.29) is 5.82 Å². The van der Waals surface area contributed by atoms with Gasteiger partial charge in [0.2, 0.25) is 0 Å². The van der Waals surface area contributed by atoms with Crippen molar-refractivity contribution in [1.29, 1.82) is 0 Å². The van der Waals surface area contributed by atoms with Crippen LogP contribution in [0.25, 0.3) is 0 Å². The lowest BCUT2D eigenvalue weighted by molar-refractivity contribution is -0.339. The molecular formula is C16H21FNO7P2-3. The summed E-state index contributed by atoms with van der Waals surface area (Å²) in [5.74, 6) is -0.314. The largest absolute Gasteiger partial charge is 0.790 e. The summed E-state index contributed by atoms with van der Waals surface area (Å²) in [5.41, 5.74) is 2.54. The van der Waals surface area contributed by atoms with Crippen LogP contribution in [-0.2, 0) is 18.0 Å². The lowest BCUT2D eigenvalue weighted by Gasteiger charge is -2.34. The summed E-state index contributed by atoms with van der Waals surface area (Å²) >= 11 is 0. The number of halogens is 1. The average molecular weight is 420 g/mol. The van der Waals surface area contributed by atoms with E-state index < -0.39 is 22.3 Å². The third-order valence-corrected chi connectivity index (χ3v) is 5.36. The molecule has 8 nitrogen and oxygen atoms in total. The Bertz CT molecular complexity index is 776. The number of hydrogen-bond acceptors (Lipinski definition) is 8. The molecule has 0 saturated heterocycles. The van der Waals surface area contributed by atoms with Crippen molar-refractivity contribution in [3.8, 4) is 0 Å². The molecule has 27 heavy (non-hydrogen) atoms. The summed E-state index contributed by atoms with van der Waals surface area (Å²) in [7, 11) is -10.9. The first-order chi connectivity index (χ1) is 12.5. The van der Waals surface area contributed by atoms with Gasteiger partial charge in [-0.15, -0.1) is 0 Å². The summed E-state index contributed by atoms with van der Waals surface area (Å²) in [6, 6.07) is 6.15. The highest BCUT2D eigenvalue weighted by Gasteiger charge is 2.10. The van der Waals surface area contributed by atoms with Crippen LogP contribution in [0.4, 0.5) is 10.1 Å². The Morgan fingerprint density at radius 3 is 2.52 bits per heavy atom. The van der Waals surface area contributed by atoms with E-state index >= 15 is 0 Å². The van der Waals surface area contributed by atoms with E-state index in [1.807, 2.05) is 13.0 Å². The fraction of sp³-hybridized carbons (Fsp3) is 0.375. The van der Waals surface area contributed by atoms with Crippen LogP contribution in [0.2, 0.25) is 0 Å². The van der Waals surface area contributed by atoms with Gasteiger partial charge in [0, 0.05) is 12.2 Å². The Morgan fingerprint density at radius 2 is 1.89 bits per heavy atom. The van der Waals surface area contributed by atoms with Crippen molar-refractivity contribution < 1.29 is 37.0 Å². The standard InChI is InChI=1S/C16H24FNO7P2/c1-13(9-10-24-27(22,23)25-26(19,20)21)5-3-6-14(2)12-18-16-8-4-7-15(17)11-16/h4,6-9,11,18H,3,5,10,12H2,1-2H3,(H,22,23)(H2,19,20,21)/p-3/b13-9+,14-6+. The van der Waals surface area contributed by atoms with E-state index in [9.17, 15) is 28.2 Å². The molecule has 0 aliphatic heterocycles.